The van der Waals surface area contributed by atoms with Gasteiger partial charge in [-0.1, -0.05) is 6.92 Å². The average Bonchev–Trinajstić information content (AvgIpc) is 2.35. The van der Waals surface area contributed by atoms with E-state index in [0.717, 1.165) is 24.7 Å². The van der Waals surface area contributed by atoms with E-state index in [4.69, 9.17) is 0 Å². The number of rotatable bonds is 4. The van der Waals surface area contributed by atoms with Crippen LogP contribution in [0.4, 0.5) is 14.7 Å². The van der Waals surface area contributed by atoms with Gasteiger partial charge in [-0.05, 0) is 31.5 Å². The van der Waals surface area contributed by atoms with Crippen molar-refractivity contribution < 1.29 is 8.78 Å². The summed E-state index contributed by atoms with van der Waals surface area (Å²) >= 11 is 0. The number of aromatic nitrogens is 2. The van der Waals surface area contributed by atoms with E-state index in [0.29, 0.717) is 11.6 Å². The van der Waals surface area contributed by atoms with Crippen molar-refractivity contribution in [2.75, 3.05) is 11.9 Å². The van der Waals surface area contributed by atoms with Crippen LogP contribution in [0.1, 0.15) is 19.0 Å². The molecule has 1 heterocycles. The van der Waals surface area contributed by atoms with Crippen LogP contribution < -0.4 is 5.32 Å². The van der Waals surface area contributed by atoms with E-state index in [1.807, 2.05) is 13.8 Å². The molecule has 5 heteroatoms. The SMILES string of the molecule is CCCNc1nc(C)cc(-c2ccc(F)cc2F)n1. The Labute approximate surface area is 110 Å². The summed E-state index contributed by atoms with van der Waals surface area (Å²) in [6.45, 7) is 4.59. The molecule has 1 aromatic carbocycles. The number of hydrogen-bond donors (Lipinski definition) is 1. The molecule has 0 bridgehead atoms. The predicted molar refractivity (Wildman–Crippen MR) is 70.9 cm³/mol. The minimum absolute atomic E-state index is 0.270. The van der Waals surface area contributed by atoms with E-state index in [1.165, 1.54) is 12.1 Å². The van der Waals surface area contributed by atoms with Crippen LogP contribution in [-0.2, 0) is 0 Å². The molecule has 2 rings (SSSR count). The Morgan fingerprint density at radius 1 is 1.16 bits per heavy atom. The highest BCUT2D eigenvalue weighted by molar-refractivity contribution is 5.61. The zero-order valence-corrected chi connectivity index (χ0v) is 10.9. The largest absolute Gasteiger partial charge is 0.354 e. The monoisotopic (exact) mass is 263 g/mol. The molecule has 19 heavy (non-hydrogen) atoms. The van der Waals surface area contributed by atoms with E-state index in [-0.39, 0.29) is 5.56 Å². The molecule has 0 saturated carbocycles. The Morgan fingerprint density at radius 3 is 2.63 bits per heavy atom. The van der Waals surface area contributed by atoms with Gasteiger partial charge in [-0.25, -0.2) is 18.7 Å². The number of anilines is 1. The van der Waals surface area contributed by atoms with Crippen LogP contribution in [0.2, 0.25) is 0 Å². The van der Waals surface area contributed by atoms with E-state index in [1.54, 1.807) is 6.07 Å². The molecule has 1 aromatic heterocycles. The maximum atomic E-state index is 13.7. The summed E-state index contributed by atoms with van der Waals surface area (Å²) < 4.78 is 26.6. The maximum absolute atomic E-state index is 13.7. The van der Waals surface area contributed by atoms with Gasteiger partial charge in [-0.15, -0.1) is 0 Å². The van der Waals surface area contributed by atoms with Crippen molar-refractivity contribution >= 4 is 5.95 Å². The van der Waals surface area contributed by atoms with Gasteiger partial charge in [0.1, 0.15) is 11.6 Å². The highest BCUT2D eigenvalue weighted by atomic mass is 19.1. The van der Waals surface area contributed by atoms with Crippen LogP contribution >= 0.6 is 0 Å². The summed E-state index contributed by atoms with van der Waals surface area (Å²) in [5.41, 5.74) is 1.45. The molecule has 0 atom stereocenters. The quantitative estimate of drug-likeness (QED) is 0.916. The fourth-order valence-corrected chi connectivity index (χ4v) is 1.72. The fourth-order valence-electron chi connectivity index (χ4n) is 1.72. The van der Waals surface area contributed by atoms with E-state index in [9.17, 15) is 8.78 Å². The van der Waals surface area contributed by atoms with Crippen molar-refractivity contribution in [1.82, 2.24) is 9.97 Å². The predicted octanol–water partition coefficient (Wildman–Crippen LogP) is 3.55. The standard InChI is InChI=1S/C14H15F2N3/c1-3-6-17-14-18-9(2)7-13(19-14)11-5-4-10(15)8-12(11)16/h4-5,7-8H,3,6H2,1-2H3,(H,17,18,19). The number of hydrogen-bond acceptors (Lipinski definition) is 3. The lowest BCUT2D eigenvalue weighted by molar-refractivity contribution is 0.585. The smallest absolute Gasteiger partial charge is 0.223 e. The molecule has 0 fully saturated rings. The molecule has 0 amide bonds. The second-order valence-corrected chi connectivity index (χ2v) is 4.27. The first kappa shape index (κ1) is 13.4. The minimum Gasteiger partial charge on any atom is -0.354 e. The zero-order valence-electron chi connectivity index (χ0n) is 10.9. The number of halogens is 2. The molecule has 1 N–H and O–H groups in total. The van der Waals surface area contributed by atoms with E-state index in [2.05, 4.69) is 15.3 Å². The van der Waals surface area contributed by atoms with Crippen LogP contribution in [0.15, 0.2) is 24.3 Å². The maximum Gasteiger partial charge on any atom is 0.223 e. The topological polar surface area (TPSA) is 37.8 Å². The molecule has 0 saturated heterocycles. The molecule has 0 unspecified atom stereocenters. The Bertz CT molecular complexity index is 585. The summed E-state index contributed by atoms with van der Waals surface area (Å²) in [4.78, 5) is 8.47. The Kier molecular flexibility index (Phi) is 4.04. The van der Waals surface area contributed by atoms with Gasteiger partial charge in [0.2, 0.25) is 5.95 Å². The molecule has 100 valence electrons. The van der Waals surface area contributed by atoms with Crippen LogP contribution in [0, 0.1) is 18.6 Å². The summed E-state index contributed by atoms with van der Waals surface area (Å²) in [7, 11) is 0. The van der Waals surface area contributed by atoms with Crippen LogP contribution in [-0.4, -0.2) is 16.5 Å². The van der Waals surface area contributed by atoms with Crippen molar-refractivity contribution in [3.05, 3.63) is 41.6 Å². The lowest BCUT2D eigenvalue weighted by Crippen LogP contribution is -2.06. The lowest BCUT2D eigenvalue weighted by Gasteiger charge is -2.08. The molecule has 0 spiro atoms. The highest BCUT2D eigenvalue weighted by Gasteiger charge is 2.10. The van der Waals surface area contributed by atoms with Crippen molar-refractivity contribution in [3.63, 3.8) is 0 Å². The van der Waals surface area contributed by atoms with Crippen molar-refractivity contribution in [2.45, 2.75) is 20.3 Å². The number of aryl methyl sites for hydroxylation is 1. The fraction of sp³-hybridized carbons (Fsp3) is 0.286. The van der Waals surface area contributed by atoms with Crippen LogP contribution in [0.3, 0.4) is 0 Å². The van der Waals surface area contributed by atoms with E-state index < -0.39 is 11.6 Å². The van der Waals surface area contributed by atoms with Gasteiger partial charge in [-0.3, -0.25) is 0 Å². The van der Waals surface area contributed by atoms with Crippen molar-refractivity contribution in [3.8, 4) is 11.3 Å². The molecule has 3 nitrogen and oxygen atoms in total. The van der Waals surface area contributed by atoms with Gasteiger partial charge < -0.3 is 5.32 Å². The third-order valence-electron chi connectivity index (χ3n) is 2.59. The first-order valence-corrected chi connectivity index (χ1v) is 6.15. The van der Waals surface area contributed by atoms with Gasteiger partial charge in [-0.2, -0.15) is 0 Å². The molecule has 0 aliphatic carbocycles. The summed E-state index contributed by atoms with van der Waals surface area (Å²) in [6, 6.07) is 5.13. The van der Waals surface area contributed by atoms with Crippen molar-refractivity contribution in [1.29, 1.82) is 0 Å². The summed E-state index contributed by atoms with van der Waals surface area (Å²) in [5, 5.41) is 3.06. The third-order valence-corrected chi connectivity index (χ3v) is 2.59. The number of benzene rings is 1. The van der Waals surface area contributed by atoms with Gasteiger partial charge in [0.15, 0.2) is 0 Å². The van der Waals surface area contributed by atoms with Crippen LogP contribution in [0.5, 0.6) is 0 Å². The van der Waals surface area contributed by atoms with Gasteiger partial charge in [0.25, 0.3) is 0 Å². The first-order valence-electron chi connectivity index (χ1n) is 6.15. The highest BCUT2D eigenvalue weighted by Crippen LogP contribution is 2.23. The molecular formula is C14H15F2N3. The first-order chi connectivity index (χ1) is 9.10. The van der Waals surface area contributed by atoms with Gasteiger partial charge >= 0.3 is 0 Å². The van der Waals surface area contributed by atoms with Crippen LogP contribution in [0.25, 0.3) is 11.3 Å². The van der Waals surface area contributed by atoms with Crippen molar-refractivity contribution in [2.24, 2.45) is 0 Å². The molecule has 2 aromatic rings. The average molecular weight is 263 g/mol. The minimum atomic E-state index is -0.625. The Balaban J connectivity index is 2.41. The summed E-state index contributed by atoms with van der Waals surface area (Å²) in [6.07, 6.45) is 0.942. The molecule has 0 aliphatic heterocycles. The molecule has 0 aliphatic rings. The van der Waals surface area contributed by atoms with E-state index >= 15 is 0 Å². The third kappa shape index (κ3) is 3.24. The second-order valence-electron chi connectivity index (χ2n) is 4.27. The Hall–Kier alpha value is -2.04. The normalized spacial score (nSPS) is 10.5. The second kappa shape index (κ2) is 5.73. The van der Waals surface area contributed by atoms with Gasteiger partial charge in [0.05, 0.1) is 5.69 Å². The number of nitrogens with zero attached hydrogens (tertiary/aromatic N) is 2. The Morgan fingerprint density at radius 2 is 1.95 bits per heavy atom. The molecule has 0 radical (unpaired) electrons. The zero-order chi connectivity index (χ0) is 13.8. The molecular weight excluding hydrogens is 248 g/mol. The lowest BCUT2D eigenvalue weighted by atomic mass is 10.1. The van der Waals surface area contributed by atoms with Gasteiger partial charge in [0, 0.05) is 23.9 Å². The number of nitrogens with one attached hydrogen (secondary N) is 1. The summed E-state index contributed by atoms with van der Waals surface area (Å²) in [5.74, 6) is -0.767.